The zero-order chi connectivity index (χ0) is 8.15. The van der Waals surface area contributed by atoms with E-state index in [9.17, 15) is 4.79 Å². The molecule has 0 aliphatic heterocycles. The maximum absolute atomic E-state index is 10.0. The van der Waals surface area contributed by atoms with E-state index in [0.717, 1.165) is 0 Å². The number of carboxylic acid groups (broad SMARTS) is 1. The topological polar surface area (TPSA) is 57.5 Å². The van der Waals surface area contributed by atoms with Crippen LogP contribution in [0.1, 0.15) is 13.8 Å². The third kappa shape index (κ3) is 8.69. The molecule has 0 aliphatic carbocycles. The third-order valence-corrected chi connectivity index (χ3v) is 2.05. The standard InChI is InChI=1S/C6H12O3S.Na.H/c1-4(2)10-3-5(7)6(8)9;;/h4-5,7H,3H2,1-2H3,(H,8,9);;. The average molecular weight is 188 g/mol. The number of hydrogen-bond acceptors (Lipinski definition) is 3. The molecule has 1 unspecified atom stereocenters. The molecule has 0 saturated heterocycles. The maximum atomic E-state index is 10.0. The van der Waals surface area contributed by atoms with Gasteiger partial charge in [0.15, 0.2) is 6.10 Å². The van der Waals surface area contributed by atoms with Gasteiger partial charge in [-0.1, -0.05) is 13.8 Å². The number of thioether (sulfide) groups is 1. The van der Waals surface area contributed by atoms with E-state index >= 15 is 0 Å². The van der Waals surface area contributed by atoms with Crippen molar-refractivity contribution in [2.24, 2.45) is 0 Å². The number of aliphatic hydroxyl groups is 1. The van der Waals surface area contributed by atoms with Gasteiger partial charge in [-0.2, -0.15) is 11.8 Å². The van der Waals surface area contributed by atoms with Crippen molar-refractivity contribution in [3.8, 4) is 0 Å². The molecule has 0 aromatic heterocycles. The number of carbonyl (C=O) groups is 1. The van der Waals surface area contributed by atoms with Crippen LogP contribution in [0.25, 0.3) is 0 Å². The van der Waals surface area contributed by atoms with Crippen molar-refractivity contribution in [3.63, 3.8) is 0 Å². The zero-order valence-electron chi connectivity index (χ0n) is 6.07. The Hall–Kier alpha value is 0.780. The summed E-state index contributed by atoms with van der Waals surface area (Å²) >= 11 is 1.44. The number of hydrogen-bond donors (Lipinski definition) is 2. The van der Waals surface area contributed by atoms with E-state index in [1.54, 1.807) is 0 Å². The van der Waals surface area contributed by atoms with Gasteiger partial charge in [0.25, 0.3) is 0 Å². The Morgan fingerprint density at radius 2 is 2.00 bits per heavy atom. The molecule has 0 amide bonds. The summed E-state index contributed by atoms with van der Waals surface area (Å²) in [6.45, 7) is 3.92. The Kier molecular flexibility index (Phi) is 9.67. The van der Waals surface area contributed by atoms with Gasteiger partial charge in [0.1, 0.15) is 0 Å². The molecule has 0 heterocycles. The molecule has 5 heteroatoms. The molecule has 62 valence electrons. The van der Waals surface area contributed by atoms with Gasteiger partial charge in [-0.15, -0.1) is 0 Å². The predicted molar refractivity (Wildman–Crippen MR) is 48.4 cm³/mol. The van der Waals surface area contributed by atoms with E-state index < -0.39 is 12.1 Å². The van der Waals surface area contributed by atoms with Crippen LogP contribution in [0.3, 0.4) is 0 Å². The van der Waals surface area contributed by atoms with E-state index in [0.29, 0.717) is 5.25 Å². The molecule has 1 atom stereocenters. The van der Waals surface area contributed by atoms with Crippen LogP contribution in [0.15, 0.2) is 0 Å². The first-order valence-electron chi connectivity index (χ1n) is 3.06. The molecule has 0 aromatic carbocycles. The van der Waals surface area contributed by atoms with Crippen molar-refractivity contribution in [2.75, 3.05) is 5.75 Å². The van der Waals surface area contributed by atoms with E-state index in [-0.39, 0.29) is 35.3 Å². The number of aliphatic hydroxyl groups excluding tert-OH is 1. The number of rotatable bonds is 4. The third-order valence-electron chi connectivity index (χ3n) is 0.872. The van der Waals surface area contributed by atoms with Crippen LogP contribution in [-0.4, -0.2) is 62.8 Å². The molecule has 2 N–H and O–H groups in total. The SMILES string of the molecule is CC(C)SCC(O)C(=O)O.[NaH]. The molecule has 0 rings (SSSR count). The van der Waals surface area contributed by atoms with Gasteiger partial charge in [-0.3, -0.25) is 0 Å². The molecule has 0 aliphatic rings. The minimum absolute atomic E-state index is 0. The van der Waals surface area contributed by atoms with Gasteiger partial charge in [-0.25, -0.2) is 4.79 Å². The second-order valence-electron chi connectivity index (χ2n) is 2.24. The summed E-state index contributed by atoms with van der Waals surface area (Å²) in [6.07, 6.45) is -1.22. The van der Waals surface area contributed by atoms with E-state index in [4.69, 9.17) is 10.2 Å². The van der Waals surface area contributed by atoms with Crippen LogP contribution < -0.4 is 0 Å². The fourth-order valence-electron chi connectivity index (χ4n) is 0.355. The summed E-state index contributed by atoms with van der Waals surface area (Å²) in [6, 6.07) is 0. The van der Waals surface area contributed by atoms with Crippen molar-refractivity contribution < 1.29 is 15.0 Å². The molecule has 0 aromatic rings. The molecular weight excluding hydrogens is 175 g/mol. The second kappa shape index (κ2) is 7.43. The van der Waals surface area contributed by atoms with Crippen LogP contribution >= 0.6 is 11.8 Å². The summed E-state index contributed by atoms with van der Waals surface area (Å²) < 4.78 is 0. The van der Waals surface area contributed by atoms with Gasteiger partial charge in [0.05, 0.1) is 0 Å². The Morgan fingerprint density at radius 3 is 2.27 bits per heavy atom. The van der Waals surface area contributed by atoms with Crippen molar-refractivity contribution >= 4 is 47.3 Å². The van der Waals surface area contributed by atoms with E-state index in [1.165, 1.54) is 11.8 Å². The Bertz CT molecular complexity index is 118. The number of aliphatic carboxylic acids is 1. The van der Waals surface area contributed by atoms with Crippen LogP contribution in [0.5, 0.6) is 0 Å². The van der Waals surface area contributed by atoms with E-state index in [2.05, 4.69) is 0 Å². The van der Waals surface area contributed by atoms with Gasteiger partial charge >= 0.3 is 35.5 Å². The summed E-state index contributed by atoms with van der Waals surface area (Å²) in [4.78, 5) is 10.0. The summed E-state index contributed by atoms with van der Waals surface area (Å²) in [5.74, 6) is -0.874. The van der Waals surface area contributed by atoms with Crippen LogP contribution in [0.2, 0.25) is 0 Å². The van der Waals surface area contributed by atoms with Crippen LogP contribution in [0.4, 0.5) is 0 Å². The zero-order valence-corrected chi connectivity index (χ0v) is 6.89. The molecule has 0 saturated carbocycles. The monoisotopic (exact) mass is 188 g/mol. The minimum atomic E-state index is -1.22. The van der Waals surface area contributed by atoms with Crippen molar-refractivity contribution in [1.29, 1.82) is 0 Å². The Labute approximate surface area is 92.9 Å². The Morgan fingerprint density at radius 1 is 1.55 bits per heavy atom. The van der Waals surface area contributed by atoms with Crippen molar-refractivity contribution in [2.45, 2.75) is 25.2 Å². The first-order valence-corrected chi connectivity index (χ1v) is 4.11. The Balaban J connectivity index is 0. The van der Waals surface area contributed by atoms with Crippen LogP contribution in [-0.2, 0) is 4.79 Å². The number of carboxylic acids is 1. The molecule has 3 nitrogen and oxygen atoms in total. The van der Waals surface area contributed by atoms with Gasteiger partial charge in [0, 0.05) is 5.75 Å². The van der Waals surface area contributed by atoms with E-state index in [1.807, 2.05) is 13.8 Å². The first-order chi connectivity index (χ1) is 4.54. The van der Waals surface area contributed by atoms with Gasteiger partial charge in [-0.05, 0) is 5.25 Å². The fraction of sp³-hybridized carbons (Fsp3) is 0.833. The van der Waals surface area contributed by atoms with Crippen molar-refractivity contribution in [3.05, 3.63) is 0 Å². The summed E-state index contributed by atoms with van der Waals surface area (Å²) in [5.41, 5.74) is 0. The quantitative estimate of drug-likeness (QED) is 0.606. The normalized spacial score (nSPS) is 12.4. The van der Waals surface area contributed by atoms with Gasteiger partial charge < -0.3 is 10.2 Å². The second-order valence-corrected chi connectivity index (χ2v) is 3.85. The molecule has 0 bridgehead atoms. The molecule has 0 spiro atoms. The predicted octanol–water partition coefficient (Wildman–Crippen LogP) is -0.0750. The summed E-state index contributed by atoms with van der Waals surface area (Å²) in [5, 5.41) is 17.4. The fourth-order valence-corrected chi connectivity index (χ4v) is 1.06. The molecule has 0 radical (unpaired) electrons. The molecule has 11 heavy (non-hydrogen) atoms. The van der Waals surface area contributed by atoms with Crippen LogP contribution in [0, 0.1) is 0 Å². The average Bonchev–Trinajstić information content (AvgIpc) is 1.82. The van der Waals surface area contributed by atoms with Crippen molar-refractivity contribution in [1.82, 2.24) is 0 Å². The molecule has 0 fully saturated rings. The van der Waals surface area contributed by atoms with Gasteiger partial charge in [0.2, 0.25) is 0 Å². The molecular formula is C6H13NaO3S. The first kappa shape index (κ1) is 14.3. The summed E-state index contributed by atoms with van der Waals surface area (Å²) in [7, 11) is 0.